The standard InChI is InChI=1S/C22H26N2O3/c1-3-14-11-16(12-24(2)22(14)26)18-9-7-15-8-10-20(25)23-21(15)19(18)13-27-17-5-4-6-17/h7,9,11-12,17H,3-6,8,10,13H2,1-2H3,(H,23,25). The van der Waals surface area contributed by atoms with E-state index in [-0.39, 0.29) is 11.5 Å². The summed E-state index contributed by atoms with van der Waals surface area (Å²) in [5.74, 6) is 0.0549. The summed E-state index contributed by atoms with van der Waals surface area (Å²) < 4.78 is 7.76. The fraction of sp³-hybridized carbons (Fsp3) is 0.455. The van der Waals surface area contributed by atoms with Crippen molar-refractivity contribution in [3.05, 3.63) is 51.4 Å². The van der Waals surface area contributed by atoms with Gasteiger partial charge < -0.3 is 14.6 Å². The first-order valence-corrected chi connectivity index (χ1v) is 9.83. The number of carbonyl (C=O) groups excluding carboxylic acids is 1. The van der Waals surface area contributed by atoms with Crippen LogP contribution in [0, 0.1) is 0 Å². The molecule has 0 bridgehead atoms. The number of benzene rings is 1. The zero-order valence-corrected chi connectivity index (χ0v) is 16.0. The molecule has 1 aromatic carbocycles. The Labute approximate surface area is 159 Å². The Balaban J connectivity index is 1.81. The molecular formula is C22H26N2O3. The lowest BCUT2D eigenvalue weighted by atomic mass is 9.91. The zero-order chi connectivity index (χ0) is 19.0. The summed E-state index contributed by atoms with van der Waals surface area (Å²) in [5.41, 5.74) is 5.93. The van der Waals surface area contributed by atoms with Crippen LogP contribution in [0.15, 0.2) is 29.2 Å². The van der Waals surface area contributed by atoms with E-state index < -0.39 is 0 Å². The summed E-state index contributed by atoms with van der Waals surface area (Å²) in [7, 11) is 1.79. The van der Waals surface area contributed by atoms with Crippen molar-refractivity contribution in [3.8, 4) is 11.1 Å². The first-order valence-electron chi connectivity index (χ1n) is 9.83. The predicted molar refractivity (Wildman–Crippen MR) is 106 cm³/mol. The van der Waals surface area contributed by atoms with Gasteiger partial charge in [-0.25, -0.2) is 0 Å². The Morgan fingerprint density at radius 3 is 2.74 bits per heavy atom. The second kappa shape index (κ2) is 7.31. The molecule has 5 nitrogen and oxygen atoms in total. The highest BCUT2D eigenvalue weighted by molar-refractivity contribution is 5.96. The van der Waals surface area contributed by atoms with Gasteiger partial charge in [-0.15, -0.1) is 0 Å². The van der Waals surface area contributed by atoms with E-state index in [2.05, 4.69) is 17.4 Å². The summed E-state index contributed by atoms with van der Waals surface area (Å²) >= 11 is 0. The van der Waals surface area contributed by atoms with Crippen LogP contribution in [0.4, 0.5) is 5.69 Å². The maximum absolute atomic E-state index is 12.3. The number of anilines is 1. The SMILES string of the molecule is CCc1cc(-c2ccc3c(c2COC2CCC2)NC(=O)CC3)cn(C)c1=O. The molecule has 0 unspecified atom stereocenters. The predicted octanol–water partition coefficient (Wildman–Crippen LogP) is 3.57. The molecule has 0 saturated heterocycles. The minimum atomic E-state index is 0.0415. The van der Waals surface area contributed by atoms with E-state index in [1.54, 1.807) is 11.6 Å². The highest BCUT2D eigenvalue weighted by atomic mass is 16.5. The number of hydrogen-bond donors (Lipinski definition) is 1. The summed E-state index contributed by atoms with van der Waals surface area (Å²) in [6.45, 7) is 2.47. The lowest BCUT2D eigenvalue weighted by molar-refractivity contribution is -0.116. The van der Waals surface area contributed by atoms with Gasteiger partial charge in [-0.3, -0.25) is 9.59 Å². The fourth-order valence-electron chi connectivity index (χ4n) is 3.85. The minimum absolute atomic E-state index is 0.0415. The Morgan fingerprint density at radius 1 is 1.22 bits per heavy atom. The van der Waals surface area contributed by atoms with E-state index in [1.165, 1.54) is 6.42 Å². The molecule has 2 aliphatic rings. The molecule has 0 radical (unpaired) electrons. The molecule has 5 heteroatoms. The highest BCUT2D eigenvalue weighted by Gasteiger charge is 2.24. The molecular weight excluding hydrogens is 340 g/mol. The van der Waals surface area contributed by atoms with Crippen molar-refractivity contribution in [2.45, 2.75) is 58.2 Å². The first kappa shape index (κ1) is 18.0. The number of aryl methyl sites for hydroxylation is 3. The van der Waals surface area contributed by atoms with Crippen LogP contribution in [0.25, 0.3) is 11.1 Å². The Hall–Kier alpha value is -2.40. The maximum atomic E-state index is 12.3. The number of pyridine rings is 1. The molecule has 4 rings (SSSR count). The van der Waals surface area contributed by atoms with E-state index in [0.717, 1.165) is 52.8 Å². The molecule has 1 fully saturated rings. The molecule has 142 valence electrons. The average molecular weight is 366 g/mol. The Morgan fingerprint density at radius 2 is 2.04 bits per heavy atom. The second-order valence-electron chi connectivity index (χ2n) is 7.56. The number of fused-ring (bicyclic) bond motifs is 1. The van der Waals surface area contributed by atoms with E-state index in [1.807, 2.05) is 19.2 Å². The quantitative estimate of drug-likeness (QED) is 0.880. The van der Waals surface area contributed by atoms with Gasteiger partial charge in [-0.1, -0.05) is 19.1 Å². The van der Waals surface area contributed by atoms with Crippen molar-refractivity contribution in [2.24, 2.45) is 7.05 Å². The number of nitrogens with zero attached hydrogens (tertiary/aromatic N) is 1. The molecule has 27 heavy (non-hydrogen) atoms. The number of carbonyl (C=O) groups is 1. The molecule has 0 atom stereocenters. The van der Waals surface area contributed by atoms with Gasteiger partial charge in [0.05, 0.1) is 18.4 Å². The average Bonchev–Trinajstić information content (AvgIpc) is 2.62. The van der Waals surface area contributed by atoms with Gasteiger partial charge in [0.2, 0.25) is 5.91 Å². The topological polar surface area (TPSA) is 60.3 Å². The molecule has 1 aliphatic carbocycles. The van der Waals surface area contributed by atoms with Crippen LogP contribution in [0.2, 0.25) is 0 Å². The van der Waals surface area contributed by atoms with Crippen LogP contribution in [0.3, 0.4) is 0 Å². The monoisotopic (exact) mass is 366 g/mol. The van der Waals surface area contributed by atoms with Gasteiger partial charge in [0.1, 0.15) is 0 Å². The summed E-state index contributed by atoms with van der Waals surface area (Å²) in [4.78, 5) is 24.3. The summed E-state index contributed by atoms with van der Waals surface area (Å²) in [6.07, 6.45) is 7.60. The van der Waals surface area contributed by atoms with Crippen molar-refractivity contribution in [1.82, 2.24) is 4.57 Å². The Kier molecular flexibility index (Phi) is 4.87. The van der Waals surface area contributed by atoms with E-state index in [9.17, 15) is 9.59 Å². The van der Waals surface area contributed by atoms with Crippen LogP contribution >= 0.6 is 0 Å². The van der Waals surface area contributed by atoms with Crippen LogP contribution in [-0.4, -0.2) is 16.6 Å². The normalized spacial score (nSPS) is 16.6. The van der Waals surface area contributed by atoms with Crippen LogP contribution in [-0.2, 0) is 36.0 Å². The van der Waals surface area contributed by atoms with Crippen LogP contribution < -0.4 is 10.9 Å². The van der Waals surface area contributed by atoms with Gasteiger partial charge >= 0.3 is 0 Å². The number of rotatable bonds is 5. The smallest absolute Gasteiger partial charge is 0.253 e. The van der Waals surface area contributed by atoms with E-state index in [4.69, 9.17) is 4.74 Å². The first-order chi connectivity index (χ1) is 13.1. The molecule has 2 heterocycles. The van der Waals surface area contributed by atoms with Crippen molar-refractivity contribution in [3.63, 3.8) is 0 Å². The van der Waals surface area contributed by atoms with Crippen LogP contribution in [0.5, 0.6) is 0 Å². The van der Waals surface area contributed by atoms with Crippen molar-refractivity contribution in [2.75, 3.05) is 5.32 Å². The fourth-order valence-corrected chi connectivity index (χ4v) is 3.85. The van der Waals surface area contributed by atoms with Gasteiger partial charge in [-0.05, 0) is 54.9 Å². The van der Waals surface area contributed by atoms with Crippen LogP contribution in [0.1, 0.15) is 49.3 Å². The molecule has 1 aliphatic heterocycles. The minimum Gasteiger partial charge on any atom is -0.373 e. The number of aromatic nitrogens is 1. The third kappa shape index (κ3) is 3.44. The van der Waals surface area contributed by atoms with E-state index in [0.29, 0.717) is 25.6 Å². The van der Waals surface area contributed by atoms with Gasteiger partial charge in [0.25, 0.3) is 5.56 Å². The van der Waals surface area contributed by atoms with Crippen molar-refractivity contribution >= 4 is 11.6 Å². The second-order valence-corrected chi connectivity index (χ2v) is 7.56. The summed E-state index contributed by atoms with van der Waals surface area (Å²) in [5, 5.41) is 3.07. The zero-order valence-electron chi connectivity index (χ0n) is 16.0. The number of hydrogen-bond acceptors (Lipinski definition) is 3. The van der Waals surface area contributed by atoms with Gasteiger partial charge in [0, 0.05) is 30.8 Å². The molecule has 1 N–H and O–H groups in total. The Bertz CT molecular complexity index is 941. The largest absolute Gasteiger partial charge is 0.373 e. The third-order valence-corrected chi connectivity index (χ3v) is 5.75. The van der Waals surface area contributed by atoms with Crippen molar-refractivity contribution in [1.29, 1.82) is 0 Å². The molecule has 1 amide bonds. The third-order valence-electron chi connectivity index (χ3n) is 5.75. The number of nitrogens with one attached hydrogen (secondary N) is 1. The molecule has 0 spiro atoms. The molecule has 1 aromatic heterocycles. The van der Waals surface area contributed by atoms with Gasteiger partial charge in [-0.2, -0.15) is 0 Å². The molecule has 1 saturated carbocycles. The van der Waals surface area contributed by atoms with Crippen molar-refractivity contribution < 1.29 is 9.53 Å². The summed E-state index contributed by atoms with van der Waals surface area (Å²) in [6, 6.07) is 6.17. The number of ether oxygens (including phenoxy) is 1. The lowest BCUT2D eigenvalue weighted by Gasteiger charge is -2.28. The highest BCUT2D eigenvalue weighted by Crippen LogP contribution is 2.36. The lowest BCUT2D eigenvalue weighted by Crippen LogP contribution is -2.24. The van der Waals surface area contributed by atoms with Gasteiger partial charge in [0.15, 0.2) is 0 Å². The number of amides is 1. The van der Waals surface area contributed by atoms with E-state index >= 15 is 0 Å². The molecule has 2 aromatic rings. The maximum Gasteiger partial charge on any atom is 0.253 e.